The summed E-state index contributed by atoms with van der Waals surface area (Å²) in [5, 5.41) is 13.4. The van der Waals surface area contributed by atoms with Gasteiger partial charge in [0.25, 0.3) is 0 Å². The maximum Gasteiger partial charge on any atom is 0.362 e. The Hall–Kier alpha value is -4.76. The molecule has 5 heterocycles. The highest BCUT2D eigenvalue weighted by atomic mass is 35.5. The van der Waals surface area contributed by atoms with Crippen LogP contribution in [0.2, 0.25) is 5.02 Å². The highest BCUT2D eigenvalue weighted by Gasteiger charge is 2.35. The fourth-order valence-corrected chi connectivity index (χ4v) is 10.3. The third-order valence-electron chi connectivity index (χ3n) is 12.1. The van der Waals surface area contributed by atoms with Crippen molar-refractivity contribution in [2.24, 2.45) is 5.92 Å². The number of nitrogens with one attached hydrogen (secondary N) is 4. The Balaban J connectivity index is 0.830. The average molecular weight is 858 g/mol. The van der Waals surface area contributed by atoms with Crippen molar-refractivity contribution in [1.29, 1.82) is 0 Å². The van der Waals surface area contributed by atoms with Crippen molar-refractivity contribution in [1.82, 2.24) is 25.1 Å². The Morgan fingerprint density at radius 1 is 0.900 bits per heavy atom. The minimum atomic E-state index is -3.56. The predicted octanol–water partition coefficient (Wildman–Crippen LogP) is 6.65. The van der Waals surface area contributed by atoms with Gasteiger partial charge in [0.15, 0.2) is 5.82 Å². The van der Waals surface area contributed by atoms with Gasteiger partial charge in [0, 0.05) is 83.4 Å². The summed E-state index contributed by atoms with van der Waals surface area (Å²) in [7, 11) is 0.772. The van der Waals surface area contributed by atoms with E-state index in [1.807, 2.05) is 12.1 Å². The number of benzene rings is 3. The van der Waals surface area contributed by atoms with Crippen LogP contribution in [0, 0.1) is 5.92 Å². The Morgan fingerprint density at radius 2 is 1.70 bits per heavy atom. The molecule has 2 atom stereocenters. The lowest BCUT2D eigenvalue weighted by Gasteiger charge is -2.39. The molecule has 0 spiro atoms. The van der Waals surface area contributed by atoms with Crippen LogP contribution in [0.5, 0.6) is 5.75 Å². The third kappa shape index (κ3) is 9.41. The summed E-state index contributed by atoms with van der Waals surface area (Å²) in [4.78, 5) is 40.4. The number of carbonyl (C=O) groups excluding carboxylic acids is 2. The van der Waals surface area contributed by atoms with Crippen LogP contribution >= 0.6 is 19.2 Å². The number of rotatable bonds is 14. The molecule has 0 aliphatic carbocycles. The van der Waals surface area contributed by atoms with Crippen molar-refractivity contribution in [2.75, 3.05) is 74.9 Å². The van der Waals surface area contributed by atoms with Crippen molar-refractivity contribution >= 4 is 70.8 Å². The number of ether oxygens (including phenoxy) is 1. The molecule has 3 aromatic carbocycles. The maximum absolute atomic E-state index is 13.2. The topological polar surface area (TPSA) is 163 Å². The molecular formula is C43H53ClN9O6P. The van der Waals surface area contributed by atoms with Crippen molar-refractivity contribution in [3.05, 3.63) is 83.0 Å². The quantitative estimate of drug-likeness (QED) is 0.0788. The SMILES string of the molecule is COc1cc(N2CCC(CN3CCC[C@H](Nc4ccc5c(c4)CN(C4CCC(=O)NC4=O)C5)C3)CC2)ccc1Nc1ncc(Cl)c(Nc2ccccc2P(=O)(OC)OC)n1. The molecular weight excluding hydrogens is 805 g/mol. The van der Waals surface area contributed by atoms with E-state index in [2.05, 4.69) is 70.2 Å². The average Bonchev–Trinajstić information content (AvgIpc) is 3.68. The second-order valence-electron chi connectivity index (χ2n) is 15.9. The maximum atomic E-state index is 13.2. The van der Waals surface area contributed by atoms with Crippen LogP contribution in [-0.4, -0.2) is 97.7 Å². The Labute approximate surface area is 356 Å². The van der Waals surface area contributed by atoms with E-state index in [0.717, 1.165) is 76.5 Å². The fourth-order valence-electron chi connectivity index (χ4n) is 8.91. The molecule has 60 heavy (non-hydrogen) atoms. The molecule has 1 unspecified atom stereocenters. The largest absolute Gasteiger partial charge is 0.494 e. The first kappa shape index (κ1) is 42.0. The second kappa shape index (κ2) is 18.5. The van der Waals surface area contributed by atoms with Gasteiger partial charge in [0.1, 0.15) is 10.8 Å². The molecule has 2 amide bonds. The van der Waals surface area contributed by atoms with Gasteiger partial charge in [-0.2, -0.15) is 4.98 Å². The Bertz CT molecular complexity index is 2250. The van der Waals surface area contributed by atoms with Gasteiger partial charge in [0.05, 0.1) is 36.0 Å². The van der Waals surface area contributed by atoms with Crippen molar-refractivity contribution in [3.63, 3.8) is 0 Å². The van der Waals surface area contributed by atoms with Crippen LogP contribution in [0.25, 0.3) is 0 Å². The number of carbonyl (C=O) groups is 2. The number of methoxy groups -OCH3 is 1. The summed E-state index contributed by atoms with van der Waals surface area (Å²) in [6, 6.07) is 19.8. The summed E-state index contributed by atoms with van der Waals surface area (Å²) in [6.45, 7) is 6.66. The number of anilines is 6. The first-order chi connectivity index (χ1) is 29.1. The van der Waals surface area contributed by atoms with E-state index in [-0.39, 0.29) is 22.9 Å². The number of nitrogens with zero attached hydrogens (tertiary/aromatic N) is 5. The normalized spacial score (nSPS) is 20.4. The number of fused-ring (bicyclic) bond motifs is 1. The van der Waals surface area contributed by atoms with Gasteiger partial charge in [-0.15, -0.1) is 0 Å². The summed E-state index contributed by atoms with van der Waals surface area (Å²) in [5.41, 5.74) is 5.94. The summed E-state index contributed by atoms with van der Waals surface area (Å²) in [5.74, 6) is 1.57. The number of likely N-dealkylation sites (tertiary alicyclic amines) is 1. The molecule has 0 radical (unpaired) electrons. The predicted molar refractivity (Wildman–Crippen MR) is 234 cm³/mol. The van der Waals surface area contributed by atoms with E-state index in [1.165, 1.54) is 38.0 Å². The van der Waals surface area contributed by atoms with E-state index in [1.54, 1.807) is 31.4 Å². The number of amides is 2. The van der Waals surface area contributed by atoms with Gasteiger partial charge < -0.3 is 39.5 Å². The monoisotopic (exact) mass is 857 g/mol. The molecule has 4 aromatic rings. The number of imide groups is 1. The number of hydrogen-bond donors (Lipinski definition) is 4. The Morgan fingerprint density at radius 3 is 2.48 bits per heavy atom. The highest BCUT2D eigenvalue weighted by Crippen LogP contribution is 2.47. The minimum absolute atomic E-state index is 0.171. The Kier molecular flexibility index (Phi) is 12.9. The summed E-state index contributed by atoms with van der Waals surface area (Å²) >= 11 is 6.50. The molecule has 0 saturated carbocycles. The molecule has 15 nitrogen and oxygen atoms in total. The van der Waals surface area contributed by atoms with Gasteiger partial charge in [-0.25, -0.2) is 4.98 Å². The van der Waals surface area contributed by atoms with Gasteiger partial charge >= 0.3 is 7.60 Å². The van der Waals surface area contributed by atoms with E-state index >= 15 is 0 Å². The second-order valence-corrected chi connectivity index (χ2v) is 18.5. The van der Waals surface area contributed by atoms with Gasteiger partial charge in [0.2, 0.25) is 17.8 Å². The van der Waals surface area contributed by atoms with E-state index < -0.39 is 7.60 Å². The van der Waals surface area contributed by atoms with Crippen molar-refractivity contribution in [3.8, 4) is 5.75 Å². The van der Waals surface area contributed by atoms with Crippen molar-refractivity contribution < 1.29 is 27.9 Å². The number of hydrogen-bond acceptors (Lipinski definition) is 14. The van der Waals surface area contributed by atoms with Crippen LogP contribution in [0.3, 0.4) is 0 Å². The minimum Gasteiger partial charge on any atom is -0.494 e. The molecule has 3 fully saturated rings. The van der Waals surface area contributed by atoms with Crippen LogP contribution in [0.4, 0.5) is 34.5 Å². The molecule has 318 valence electrons. The number of aromatic nitrogens is 2. The van der Waals surface area contributed by atoms with E-state index in [9.17, 15) is 14.2 Å². The lowest BCUT2D eigenvalue weighted by Crippen LogP contribution is -2.50. The van der Waals surface area contributed by atoms with Crippen molar-refractivity contribution in [2.45, 2.75) is 63.7 Å². The number of para-hydroxylation sites is 1. The number of piperidine rings is 3. The highest BCUT2D eigenvalue weighted by molar-refractivity contribution is 7.62. The first-order valence-corrected chi connectivity index (χ1v) is 22.5. The first-order valence-electron chi connectivity index (χ1n) is 20.6. The van der Waals surface area contributed by atoms with Crippen LogP contribution < -0.4 is 36.2 Å². The molecule has 1 aromatic heterocycles. The lowest BCUT2D eigenvalue weighted by atomic mass is 9.94. The molecule has 17 heteroatoms. The molecule has 8 rings (SSSR count). The standard InChI is InChI=1S/C43H53ClN9O6P/c1-57-38-22-33(12-13-35(38)48-43-45-23-34(44)41(50-43)47-36-8-4-5-9-39(36)60(56,58-2)59-3)52-19-16-28(17-20-52)24-51-18-6-7-32(27-51)46-31-11-10-29-25-53(26-30(29)21-31)37-14-15-40(54)49-42(37)55/h4-5,8-13,21-23,28,32,37,46H,6-7,14-20,24-27H2,1-3H3,(H,49,54,55)(H2,45,47,48,50)/t32-,37?/m0/s1. The van der Waals surface area contributed by atoms with Crippen LogP contribution in [-0.2, 0) is 36.3 Å². The molecule has 3 saturated heterocycles. The molecule has 4 aliphatic rings. The zero-order valence-electron chi connectivity index (χ0n) is 34.3. The van der Waals surface area contributed by atoms with E-state index in [4.69, 9.17) is 25.4 Å². The fraction of sp³-hybridized carbons (Fsp3) is 0.442. The zero-order chi connectivity index (χ0) is 41.8. The summed E-state index contributed by atoms with van der Waals surface area (Å²) < 4.78 is 29.5. The van der Waals surface area contributed by atoms with Crippen LogP contribution in [0.1, 0.15) is 49.7 Å². The smallest absolute Gasteiger partial charge is 0.362 e. The number of halogens is 1. The molecule has 4 N–H and O–H groups in total. The zero-order valence-corrected chi connectivity index (χ0v) is 35.9. The molecule has 0 bridgehead atoms. The third-order valence-corrected chi connectivity index (χ3v) is 14.3. The van der Waals surface area contributed by atoms with Gasteiger partial charge in [-0.05, 0) is 92.1 Å². The van der Waals surface area contributed by atoms with Gasteiger partial charge in [-0.3, -0.25) is 24.4 Å². The van der Waals surface area contributed by atoms with Crippen LogP contribution in [0.15, 0.2) is 66.9 Å². The summed E-state index contributed by atoms with van der Waals surface area (Å²) in [6.07, 6.45) is 7.03. The lowest BCUT2D eigenvalue weighted by molar-refractivity contribution is -0.137. The van der Waals surface area contributed by atoms with E-state index in [0.29, 0.717) is 59.0 Å². The van der Waals surface area contributed by atoms with Gasteiger partial charge in [-0.1, -0.05) is 29.8 Å². The molecule has 4 aliphatic heterocycles.